The van der Waals surface area contributed by atoms with Crippen molar-refractivity contribution < 1.29 is 4.74 Å². The fourth-order valence-corrected chi connectivity index (χ4v) is 2.60. The highest BCUT2D eigenvalue weighted by molar-refractivity contribution is 5.60. The van der Waals surface area contributed by atoms with Crippen molar-refractivity contribution in [2.45, 2.75) is 38.3 Å². The molecule has 6 heteroatoms. The van der Waals surface area contributed by atoms with Crippen molar-refractivity contribution in [3.8, 4) is 11.4 Å². The number of hydrogen-bond acceptors (Lipinski definition) is 5. The standard InChI is InChI=1S/C14H19N5O/c15-12-5-3-4-11(10-12)14-16-17-18-19(14)8-9-20-13-6-1-2-7-13/h3-5,10,13H,1-2,6-9,15H2. The summed E-state index contributed by atoms with van der Waals surface area (Å²) in [5.74, 6) is 0.729. The number of rotatable bonds is 5. The van der Waals surface area contributed by atoms with Crippen LogP contribution >= 0.6 is 0 Å². The van der Waals surface area contributed by atoms with E-state index in [0.29, 0.717) is 24.9 Å². The maximum absolute atomic E-state index is 5.85. The van der Waals surface area contributed by atoms with Crippen LogP contribution in [0.3, 0.4) is 0 Å². The third-order valence-corrected chi connectivity index (χ3v) is 3.64. The minimum Gasteiger partial charge on any atom is -0.399 e. The van der Waals surface area contributed by atoms with Crippen LogP contribution in [0.1, 0.15) is 25.7 Å². The van der Waals surface area contributed by atoms with Crippen molar-refractivity contribution in [1.82, 2.24) is 20.2 Å². The zero-order chi connectivity index (χ0) is 13.8. The predicted molar refractivity (Wildman–Crippen MR) is 75.9 cm³/mol. The van der Waals surface area contributed by atoms with E-state index in [4.69, 9.17) is 10.5 Å². The molecule has 1 heterocycles. The van der Waals surface area contributed by atoms with Gasteiger partial charge < -0.3 is 10.5 Å². The monoisotopic (exact) mass is 273 g/mol. The molecule has 0 spiro atoms. The Hall–Kier alpha value is -1.95. The summed E-state index contributed by atoms with van der Waals surface area (Å²) in [5, 5.41) is 11.8. The lowest BCUT2D eigenvalue weighted by Crippen LogP contribution is -2.14. The van der Waals surface area contributed by atoms with Gasteiger partial charge in [-0.1, -0.05) is 25.0 Å². The first-order valence-corrected chi connectivity index (χ1v) is 7.06. The van der Waals surface area contributed by atoms with Gasteiger partial charge >= 0.3 is 0 Å². The molecule has 0 radical (unpaired) electrons. The lowest BCUT2D eigenvalue weighted by Gasteiger charge is -2.11. The number of nitrogen functional groups attached to an aromatic ring is 1. The molecule has 3 rings (SSSR count). The summed E-state index contributed by atoms with van der Waals surface area (Å²) < 4.78 is 7.62. The predicted octanol–water partition coefficient (Wildman–Crippen LogP) is 1.88. The summed E-state index contributed by atoms with van der Waals surface area (Å²) in [7, 11) is 0. The molecule has 2 aromatic rings. The molecule has 1 aliphatic carbocycles. The Kier molecular flexibility index (Phi) is 3.92. The molecule has 1 saturated carbocycles. The van der Waals surface area contributed by atoms with Crippen molar-refractivity contribution in [3.63, 3.8) is 0 Å². The van der Waals surface area contributed by atoms with Gasteiger partial charge in [-0.15, -0.1) is 5.10 Å². The van der Waals surface area contributed by atoms with Crippen molar-refractivity contribution >= 4 is 5.69 Å². The highest BCUT2D eigenvalue weighted by Crippen LogP contribution is 2.21. The number of hydrogen-bond donors (Lipinski definition) is 1. The molecule has 0 aliphatic heterocycles. The highest BCUT2D eigenvalue weighted by atomic mass is 16.5. The van der Waals surface area contributed by atoms with Crippen LogP contribution in [0, 0.1) is 0 Å². The molecule has 0 atom stereocenters. The first kappa shape index (κ1) is 13.1. The molecule has 1 aromatic heterocycles. The molecule has 0 saturated heterocycles. The topological polar surface area (TPSA) is 78.9 Å². The van der Waals surface area contributed by atoms with Gasteiger partial charge in [-0.2, -0.15) is 0 Å². The Balaban J connectivity index is 1.64. The molecule has 1 fully saturated rings. The zero-order valence-electron chi connectivity index (χ0n) is 11.4. The van der Waals surface area contributed by atoms with Gasteiger partial charge in [0, 0.05) is 11.3 Å². The number of benzene rings is 1. The molecule has 20 heavy (non-hydrogen) atoms. The van der Waals surface area contributed by atoms with Gasteiger partial charge in [-0.3, -0.25) is 0 Å². The Labute approximate surface area is 117 Å². The minimum atomic E-state index is 0.419. The molecule has 2 N–H and O–H groups in total. The summed E-state index contributed by atoms with van der Waals surface area (Å²) in [4.78, 5) is 0. The summed E-state index contributed by atoms with van der Waals surface area (Å²) in [6, 6.07) is 7.58. The van der Waals surface area contributed by atoms with Gasteiger partial charge in [0.2, 0.25) is 0 Å². The van der Waals surface area contributed by atoms with Crippen molar-refractivity contribution in [1.29, 1.82) is 0 Å². The van der Waals surface area contributed by atoms with Crippen LogP contribution in [-0.4, -0.2) is 32.9 Å². The molecule has 1 aliphatic rings. The van der Waals surface area contributed by atoms with E-state index in [1.165, 1.54) is 25.7 Å². The molecule has 0 amide bonds. The summed E-state index contributed by atoms with van der Waals surface area (Å²) >= 11 is 0. The lowest BCUT2D eigenvalue weighted by molar-refractivity contribution is 0.0514. The summed E-state index contributed by atoms with van der Waals surface area (Å²) in [6.45, 7) is 1.30. The van der Waals surface area contributed by atoms with Gasteiger partial charge in [-0.05, 0) is 35.4 Å². The molecule has 106 valence electrons. The maximum Gasteiger partial charge on any atom is 0.182 e. The number of nitrogens with two attached hydrogens (primary N) is 1. The molecular weight excluding hydrogens is 254 g/mol. The molecule has 0 unspecified atom stereocenters. The van der Waals surface area contributed by atoms with Crippen LogP contribution in [-0.2, 0) is 11.3 Å². The second-order valence-electron chi connectivity index (χ2n) is 5.13. The quantitative estimate of drug-likeness (QED) is 0.841. The van der Waals surface area contributed by atoms with Gasteiger partial charge in [0.1, 0.15) is 0 Å². The van der Waals surface area contributed by atoms with E-state index in [1.807, 2.05) is 24.3 Å². The first-order valence-electron chi connectivity index (χ1n) is 7.06. The molecular formula is C14H19N5O. The van der Waals surface area contributed by atoms with Crippen LogP contribution in [0.5, 0.6) is 0 Å². The van der Waals surface area contributed by atoms with Crippen molar-refractivity contribution in [2.24, 2.45) is 0 Å². The third kappa shape index (κ3) is 2.96. The van der Waals surface area contributed by atoms with E-state index in [9.17, 15) is 0 Å². The zero-order valence-corrected chi connectivity index (χ0v) is 11.4. The summed E-state index contributed by atoms with van der Waals surface area (Å²) in [5.41, 5.74) is 7.43. The van der Waals surface area contributed by atoms with E-state index in [0.717, 1.165) is 11.4 Å². The number of ether oxygens (including phenoxy) is 1. The number of nitrogens with zero attached hydrogens (tertiary/aromatic N) is 4. The highest BCUT2D eigenvalue weighted by Gasteiger charge is 2.15. The van der Waals surface area contributed by atoms with Crippen molar-refractivity contribution in [2.75, 3.05) is 12.3 Å². The smallest absolute Gasteiger partial charge is 0.182 e. The van der Waals surface area contributed by atoms with Crippen molar-refractivity contribution in [3.05, 3.63) is 24.3 Å². The van der Waals surface area contributed by atoms with E-state index >= 15 is 0 Å². The number of tetrazole rings is 1. The van der Waals surface area contributed by atoms with Gasteiger partial charge in [-0.25, -0.2) is 4.68 Å². The normalized spacial score (nSPS) is 15.8. The van der Waals surface area contributed by atoms with Crippen LogP contribution in [0.15, 0.2) is 24.3 Å². The fraction of sp³-hybridized carbons (Fsp3) is 0.500. The Morgan fingerprint density at radius 3 is 2.95 bits per heavy atom. The van der Waals surface area contributed by atoms with Gasteiger partial charge in [0.05, 0.1) is 19.3 Å². The second-order valence-corrected chi connectivity index (χ2v) is 5.13. The average molecular weight is 273 g/mol. The Morgan fingerprint density at radius 2 is 2.15 bits per heavy atom. The van der Waals surface area contributed by atoms with Gasteiger partial charge in [0.15, 0.2) is 5.82 Å². The number of aromatic nitrogens is 4. The fourth-order valence-electron chi connectivity index (χ4n) is 2.60. The lowest BCUT2D eigenvalue weighted by atomic mass is 10.2. The van der Waals surface area contributed by atoms with E-state index in [1.54, 1.807) is 4.68 Å². The average Bonchev–Trinajstić information content (AvgIpc) is 3.10. The van der Waals surface area contributed by atoms with Crippen LogP contribution < -0.4 is 5.73 Å². The number of anilines is 1. The van der Waals surface area contributed by atoms with Crippen LogP contribution in [0.25, 0.3) is 11.4 Å². The molecule has 1 aromatic carbocycles. The van der Waals surface area contributed by atoms with Crippen LogP contribution in [0.4, 0.5) is 5.69 Å². The third-order valence-electron chi connectivity index (χ3n) is 3.64. The Bertz CT molecular complexity index is 562. The summed E-state index contributed by atoms with van der Waals surface area (Å²) in [6.07, 6.45) is 5.34. The van der Waals surface area contributed by atoms with Gasteiger partial charge in [0.25, 0.3) is 0 Å². The SMILES string of the molecule is Nc1cccc(-c2nnnn2CCOC2CCCC2)c1. The second kappa shape index (κ2) is 6.00. The molecule has 0 bridgehead atoms. The largest absolute Gasteiger partial charge is 0.399 e. The van der Waals surface area contributed by atoms with E-state index < -0.39 is 0 Å². The minimum absolute atomic E-state index is 0.419. The Morgan fingerprint density at radius 1 is 1.30 bits per heavy atom. The maximum atomic E-state index is 5.85. The van der Waals surface area contributed by atoms with E-state index in [-0.39, 0.29) is 0 Å². The first-order chi connectivity index (χ1) is 9.83. The van der Waals surface area contributed by atoms with E-state index in [2.05, 4.69) is 15.5 Å². The van der Waals surface area contributed by atoms with Crippen LogP contribution in [0.2, 0.25) is 0 Å². The molecule has 6 nitrogen and oxygen atoms in total.